The maximum Gasteiger partial charge on any atom is 0.472 e. The lowest BCUT2D eigenvalue weighted by molar-refractivity contribution is -0.220. The van der Waals surface area contributed by atoms with Gasteiger partial charge in [-0.1, -0.05) is 217 Å². The second-order valence-electron chi connectivity index (χ2n) is 20.1. The summed E-state index contributed by atoms with van der Waals surface area (Å²) in [4.78, 5) is 23.3. The maximum absolute atomic E-state index is 12.9. The zero-order chi connectivity index (χ0) is 51.2. The monoisotopic (exact) mass is 1010 g/mol. The van der Waals surface area contributed by atoms with Crippen molar-refractivity contribution in [1.82, 2.24) is 0 Å². The third-order valence-electron chi connectivity index (χ3n) is 13.5. The first-order valence-electron chi connectivity index (χ1n) is 28.8. The van der Waals surface area contributed by atoms with Gasteiger partial charge in [-0.15, -0.1) is 0 Å². The van der Waals surface area contributed by atoms with Crippen LogP contribution in [0.15, 0.2) is 36.5 Å². The lowest BCUT2D eigenvalue weighted by atomic mass is 9.85. The number of rotatable bonds is 50. The summed E-state index contributed by atoms with van der Waals surface area (Å²) in [6, 6.07) is 0. The molecular formula is C57H107O12P. The molecule has 6 unspecified atom stereocenters. The van der Waals surface area contributed by atoms with Crippen molar-refractivity contribution in [3.8, 4) is 0 Å². The van der Waals surface area contributed by atoms with E-state index in [-0.39, 0.29) is 13.0 Å². The molecule has 0 aromatic rings. The molecule has 0 aromatic carbocycles. The van der Waals surface area contributed by atoms with Crippen LogP contribution in [0.2, 0.25) is 0 Å². The largest absolute Gasteiger partial charge is 0.472 e. The van der Waals surface area contributed by atoms with Gasteiger partial charge in [0.25, 0.3) is 0 Å². The van der Waals surface area contributed by atoms with Crippen molar-refractivity contribution in [1.29, 1.82) is 0 Å². The number of unbranched alkanes of at least 4 members (excludes halogenated alkanes) is 32. The number of phosphoric ester groups is 1. The predicted octanol–water partition coefficient (Wildman–Crippen LogP) is 13.8. The van der Waals surface area contributed by atoms with E-state index in [1.165, 1.54) is 186 Å². The van der Waals surface area contributed by atoms with E-state index in [9.17, 15) is 39.8 Å². The standard InChI is InChI=1S/C57H107O12P/c1-3-5-7-9-11-13-15-17-19-21-23-25-27-29-31-33-35-37-39-41-43-45-47-66-48-50(49-67-70(64,65)69-57-55(62)53(60)52(59)54(61)56(57)63)68-51(58)46-44-42-40-38-36-34-32-30-28-26-24-22-20-18-16-14-12-10-8-6-4-2/h15,17,21-24,50,52-57,59-63H,3-14,16,18-20,25-49H2,1-2H3,(H,64,65)/b17-15-,23-21-,24-22-. The third-order valence-corrected chi connectivity index (χ3v) is 14.5. The summed E-state index contributed by atoms with van der Waals surface area (Å²) in [7, 11) is -5.03. The fourth-order valence-electron chi connectivity index (χ4n) is 8.91. The number of carbonyl (C=O) groups is 1. The summed E-state index contributed by atoms with van der Waals surface area (Å²) in [6.45, 7) is 4.29. The van der Waals surface area contributed by atoms with E-state index in [0.717, 1.165) is 44.9 Å². The third kappa shape index (κ3) is 38.2. The Morgan fingerprint density at radius 3 is 1.21 bits per heavy atom. The van der Waals surface area contributed by atoms with Gasteiger partial charge < -0.3 is 39.9 Å². The van der Waals surface area contributed by atoms with Crippen LogP contribution in [0.5, 0.6) is 0 Å². The minimum absolute atomic E-state index is 0.0776. The van der Waals surface area contributed by atoms with Gasteiger partial charge in [0, 0.05) is 13.0 Å². The Bertz CT molecular complexity index is 1300. The van der Waals surface area contributed by atoms with Crippen LogP contribution in [0.1, 0.15) is 258 Å². The number of aliphatic hydroxyl groups excluding tert-OH is 5. The summed E-state index contributed by atoms with van der Waals surface area (Å²) in [5, 5.41) is 50.4. The topological polar surface area (TPSA) is 192 Å². The van der Waals surface area contributed by atoms with E-state index in [1.807, 2.05) is 0 Å². The lowest BCUT2D eigenvalue weighted by Gasteiger charge is -2.41. The fraction of sp³-hybridized carbons (Fsp3) is 0.877. The highest BCUT2D eigenvalue weighted by molar-refractivity contribution is 7.47. The highest BCUT2D eigenvalue weighted by atomic mass is 31.2. The summed E-state index contributed by atoms with van der Waals surface area (Å²) in [5.41, 5.74) is 0. The number of aliphatic hydroxyl groups is 5. The Morgan fingerprint density at radius 1 is 0.457 bits per heavy atom. The van der Waals surface area contributed by atoms with Gasteiger partial charge in [0.05, 0.1) is 13.2 Å². The Kier molecular flexibility index (Phi) is 45.0. The number of allylic oxidation sites excluding steroid dienone is 6. The van der Waals surface area contributed by atoms with E-state index in [4.69, 9.17) is 18.5 Å². The second kappa shape index (κ2) is 47.3. The molecule has 1 aliphatic carbocycles. The molecule has 6 atom stereocenters. The van der Waals surface area contributed by atoms with Gasteiger partial charge in [0.1, 0.15) is 42.7 Å². The Labute approximate surface area is 427 Å². The molecule has 13 heteroatoms. The lowest BCUT2D eigenvalue weighted by Crippen LogP contribution is -2.64. The number of ether oxygens (including phenoxy) is 2. The van der Waals surface area contributed by atoms with Crippen molar-refractivity contribution in [3.63, 3.8) is 0 Å². The van der Waals surface area contributed by atoms with Crippen LogP contribution in [0.3, 0.4) is 0 Å². The molecule has 0 bridgehead atoms. The fourth-order valence-corrected chi connectivity index (χ4v) is 9.89. The van der Waals surface area contributed by atoms with Crippen LogP contribution in [-0.2, 0) is 27.9 Å². The molecule has 6 N–H and O–H groups in total. The van der Waals surface area contributed by atoms with Gasteiger partial charge >= 0.3 is 13.8 Å². The molecule has 1 saturated carbocycles. The minimum Gasteiger partial charge on any atom is -0.457 e. The van der Waals surface area contributed by atoms with Crippen molar-refractivity contribution in [2.75, 3.05) is 19.8 Å². The summed E-state index contributed by atoms with van der Waals surface area (Å²) < 4.78 is 34.4. The zero-order valence-corrected chi connectivity index (χ0v) is 45.5. The van der Waals surface area contributed by atoms with Gasteiger partial charge in [0.15, 0.2) is 0 Å². The summed E-state index contributed by atoms with van der Waals surface area (Å²) >= 11 is 0. The Morgan fingerprint density at radius 2 is 0.800 bits per heavy atom. The minimum atomic E-state index is -5.03. The first-order valence-corrected chi connectivity index (χ1v) is 30.3. The molecule has 0 amide bonds. The quantitative estimate of drug-likeness (QED) is 0.0146. The van der Waals surface area contributed by atoms with Gasteiger partial charge in [0.2, 0.25) is 0 Å². The molecule has 0 radical (unpaired) electrons. The number of phosphoric acid groups is 1. The number of carbonyl (C=O) groups excluding carboxylic acids is 1. The number of hydrogen-bond donors (Lipinski definition) is 6. The van der Waals surface area contributed by atoms with Crippen LogP contribution in [0.25, 0.3) is 0 Å². The van der Waals surface area contributed by atoms with Gasteiger partial charge in [-0.3, -0.25) is 13.8 Å². The SMILES string of the molecule is CCCCCCC/C=C\C/C=C\CCCCCCCCCCCCOCC(COP(=O)(O)OC1C(O)C(O)C(O)C(O)C1O)OC(=O)CCCCCCCCCCC/C=C\CCCCCCCCCC. The molecule has 1 aliphatic rings. The second-order valence-corrected chi connectivity index (χ2v) is 21.5. The average molecular weight is 1020 g/mol. The number of hydrogen-bond acceptors (Lipinski definition) is 11. The molecule has 0 saturated heterocycles. The first kappa shape index (κ1) is 66.6. The molecule has 70 heavy (non-hydrogen) atoms. The highest BCUT2D eigenvalue weighted by Gasteiger charge is 2.51. The summed E-state index contributed by atoms with van der Waals surface area (Å²) in [5.74, 6) is -0.477. The molecule has 12 nitrogen and oxygen atoms in total. The Balaban J connectivity index is 2.29. The zero-order valence-electron chi connectivity index (χ0n) is 44.6. The summed E-state index contributed by atoms with van der Waals surface area (Å²) in [6.07, 6.45) is 46.4. The van der Waals surface area contributed by atoms with Gasteiger partial charge in [-0.2, -0.15) is 0 Å². The van der Waals surface area contributed by atoms with E-state index in [0.29, 0.717) is 13.0 Å². The van der Waals surface area contributed by atoms with Crippen molar-refractivity contribution in [3.05, 3.63) is 36.5 Å². The number of esters is 1. The van der Waals surface area contributed by atoms with Crippen LogP contribution >= 0.6 is 7.82 Å². The van der Waals surface area contributed by atoms with Gasteiger partial charge in [-0.05, 0) is 70.6 Å². The molecular weight excluding hydrogens is 908 g/mol. The molecule has 1 fully saturated rings. The van der Waals surface area contributed by atoms with E-state index >= 15 is 0 Å². The molecule has 0 heterocycles. The Hall–Kier alpha value is -1.44. The smallest absolute Gasteiger partial charge is 0.457 e. The van der Waals surface area contributed by atoms with E-state index in [2.05, 4.69) is 50.3 Å². The van der Waals surface area contributed by atoms with Crippen molar-refractivity contribution in [2.24, 2.45) is 0 Å². The molecule has 0 aromatic heterocycles. The molecule has 1 rings (SSSR count). The maximum atomic E-state index is 12.9. The van der Waals surface area contributed by atoms with Crippen LogP contribution in [-0.4, -0.2) is 98.9 Å². The van der Waals surface area contributed by atoms with E-state index < -0.39 is 63.1 Å². The first-order chi connectivity index (χ1) is 34.0. The van der Waals surface area contributed by atoms with Crippen molar-refractivity contribution >= 4 is 13.8 Å². The van der Waals surface area contributed by atoms with Crippen molar-refractivity contribution in [2.45, 2.75) is 301 Å². The molecule has 0 aliphatic heterocycles. The van der Waals surface area contributed by atoms with Crippen LogP contribution < -0.4 is 0 Å². The normalized spacial score (nSPS) is 21.1. The van der Waals surface area contributed by atoms with Gasteiger partial charge in [-0.25, -0.2) is 4.57 Å². The average Bonchev–Trinajstić information content (AvgIpc) is 3.35. The molecule has 0 spiro atoms. The van der Waals surface area contributed by atoms with E-state index in [1.54, 1.807) is 0 Å². The predicted molar refractivity (Wildman–Crippen MR) is 286 cm³/mol. The van der Waals surface area contributed by atoms with Crippen molar-refractivity contribution < 1.29 is 58.3 Å². The van der Waals surface area contributed by atoms with Crippen LogP contribution in [0.4, 0.5) is 0 Å². The molecule has 412 valence electrons. The highest BCUT2D eigenvalue weighted by Crippen LogP contribution is 2.47. The van der Waals surface area contributed by atoms with Crippen LogP contribution in [0, 0.1) is 0 Å².